The highest BCUT2D eigenvalue weighted by molar-refractivity contribution is 7.99. The molecular formula is C23H18FN5O3S. The summed E-state index contributed by atoms with van der Waals surface area (Å²) in [6.07, 6.45) is 0. The molecule has 10 heteroatoms. The van der Waals surface area contributed by atoms with E-state index in [-0.39, 0.29) is 16.5 Å². The number of carbonyl (C=O) groups excluding carboxylic acids is 2. The summed E-state index contributed by atoms with van der Waals surface area (Å²) in [4.78, 5) is 42.0. The third-order valence-corrected chi connectivity index (χ3v) is 5.61. The van der Waals surface area contributed by atoms with Gasteiger partial charge in [-0.25, -0.2) is 14.1 Å². The quantitative estimate of drug-likeness (QED) is 0.229. The topological polar surface area (TPSA) is 119 Å². The number of aromatic nitrogens is 2. The van der Waals surface area contributed by atoms with Crippen LogP contribution in [-0.4, -0.2) is 27.2 Å². The molecule has 8 nitrogen and oxygen atoms in total. The molecule has 0 aliphatic heterocycles. The number of anilines is 2. The lowest BCUT2D eigenvalue weighted by Crippen LogP contribution is -2.30. The molecule has 0 spiro atoms. The van der Waals surface area contributed by atoms with Crippen LogP contribution in [0.1, 0.15) is 10.4 Å². The van der Waals surface area contributed by atoms with E-state index in [1.807, 2.05) is 0 Å². The minimum Gasteiger partial charge on any atom is -0.334 e. The largest absolute Gasteiger partial charge is 0.334 e. The summed E-state index contributed by atoms with van der Waals surface area (Å²) < 4.78 is 14.0. The van der Waals surface area contributed by atoms with Crippen LogP contribution >= 0.6 is 11.8 Å². The molecule has 4 aromatic rings. The summed E-state index contributed by atoms with van der Waals surface area (Å²) in [5.74, 6) is 4.47. The lowest BCUT2D eigenvalue weighted by Gasteiger charge is -2.12. The van der Waals surface area contributed by atoms with E-state index in [4.69, 9.17) is 5.84 Å². The van der Waals surface area contributed by atoms with Gasteiger partial charge in [0.25, 0.3) is 11.5 Å². The van der Waals surface area contributed by atoms with E-state index in [2.05, 4.69) is 15.6 Å². The summed E-state index contributed by atoms with van der Waals surface area (Å²) in [6, 6.07) is 18.6. The Balaban J connectivity index is 1.46. The zero-order chi connectivity index (χ0) is 23.4. The number of hydrogen-bond acceptors (Lipinski definition) is 6. The molecule has 1 heterocycles. The van der Waals surface area contributed by atoms with Crippen molar-refractivity contribution in [3.05, 3.63) is 94.5 Å². The van der Waals surface area contributed by atoms with Crippen molar-refractivity contribution in [1.82, 2.24) is 9.66 Å². The zero-order valence-corrected chi connectivity index (χ0v) is 17.9. The summed E-state index contributed by atoms with van der Waals surface area (Å²) in [6.45, 7) is 0. The van der Waals surface area contributed by atoms with Crippen molar-refractivity contribution in [1.29, 1.82) is 0 Å². The van der Waals surface area contributed by atoms with E-state index >= 15 is 0 Å². The molecule has 166 valence electrons. The monoisotopic (exact) mass is 463 g/mol. The first-order valence-corrected chi connectivity index (χ1v) is 10.8. The lowest BCUT2D eigenvalue weighted by molar-refractivity contribution is -0.113. The number of para-hydroxylation sites is 2. The normalized spacial score (nSPS) is 10.7. The fraction of sp³-hybridized carbons (Fsp3) is 0.0435. The number of hydrogen-bond donors (Lipinski definition) is 3. The van der Waals surface area contributed by atoms with E-state index in [9.17, 15) is 18.8 Å². The molecule has 0 unspecified atom stereocenters. The number of rotatable bonds is 6. The summed E-state index contributed by atoms with van der Waals surface area (Å²) in [7, 11) is 0. The van der Waals surface area contributed by atoms with Gasteiger partial charge in [0.1, 0.15) is 5.82 Å². The first-order valence-electron chi connectivity index (χ1n) is 9.78. The van der Waals surface area contributed by atoms with Crippen molar-refractivity contribution in [3.63, 3.8) is 0 Å². The smallest absolute Gasteiger partial charge is 0.280 e. The second kappa shape index (κ2) is 9.53. The highest BCUT2D eigenvalue weighted by Gasteiger charge is 2.15. The van der Waals surface area contributed by atoms with Crippen molar-refractivity contribution in [3.8, 4) is 0 Å². The first-order chi connectivity index (χ1) is 15.9. The van der Waals surface area contributed by atoms with Crippen molar-refractivity contribution >= 4 is 45.9 Å². The SMILES string of the molecule is Nn1c(SCC(=O)Nc2ccccc2C(=O)Nc2ccc(F)cc2)nc2ccccc2c1=O. The number of thioether (sulfide) groups is 1. The van der Waals surface area contributed by atoms with Gasteiger partial charge in [0.15, 0.2) is 5.16 Å². The number of nitrogens with two attached hydrogens (primary N) is 1. The molecule has 0 aliphatic carbocycles. The second-order valence-electron chi connectivity index (χ2n) is 6.93. The van der Waals surface area contributed by atoms with Gasteiger partial charge in [-0.3, -0.25) is 14.4 Å². The summed E-state index contributed by atoms with van der Waals surface area (Å²) >= 11 is 1.00. The van der Waals surface area contributed by atoms with E-state index in [1.54, 1.807) is 48.5 Å². The molecule has 2 amide bonds. The van der Waals surface area contributed by atoms with Crippen LogP contribution < -0.4 is 22.0 Å². The molecule has 0 aliphatic rings. The highest BCUT2D eigenvalue weighted by atomic mass is 32.2. The Morgan fingerprint density at radius 1 is 0.970 bits per heavy atom. The molecule has 3 aromatic carbocycles. The number of amides is 2. The Morgan fingerprint density at radius 2 is 1.67 bits per heavy atom. The van der Waals surface area contributed by atoms with Crippen LogP contribution in [0.2, 0.25) is 0 Å². The van der Waals surface area contributed by atoms with E-state index < -0.39 is 23.2 Å². The van der Waals surface area contributed by atoms with Gasteiger partial charge in [0.05, 0.1) is 27.9 Å². The van der Waals surface area contributed by atoms with Crippen LogP contribution in [0.4, 0.5) is 15.8 Å². The van der Waals surface area contributed by atoms with Crippen molar-refractivity contribution in [2.75, 3.05) is 22.2 Å². The van der Waals surface area contributed by atoms with Gasteiger partial charge in [-0.2, -0.15) is 0 Å². The number of fused-ring (bicyclic) bond motifs is 1. The summed E-state index contributed by atoms with van der Waals surface area (Å²) in [5, 5.41) is 5.93. The standard InChI is InChI=1S/C23H18FN5O3S/c24-14-9-11-15(12-10-14)26-21(31)16-5-1-3-7-18(16)27-20(30)13-33-23-28-19-8-4-2-6-17(19)22(32)29(23)25/h1-12H,13,25H2,(H,26,31)(H,27,30). The van der Waals surface area contributed by atoms with Gasteiger partial charge >= 0.3 is 0 Å². The van der Waals surface area contributed by atoms with E-state index in [0.29, 0.717) is 22.3 Å². The molecule has 0 saturated heterocycles. The number of carbonyl (C=O) groups is 2. The molecule has 0 radical (unpaired) electrons. The number of halogens is 1. The Labute approximate surface area is 191 Å². The van der Waals surface area contributed by atoms with Crippen molar-refractivity contribution in [2.45, 2.75) is 5.16 Å². The summed E-state index contributed by atoms with van der Waals surface area (Å²) in [5.41, 5.74) is 1.03. The molecule has 4 rings (SSSR count). The third kappa shape index (κ3) is 5.01. The van der Waals surface area contributed by atoms with Gasteiger partial charge in [-0.15, -0.1) is 0 Å². The Hall–Kier alpha value is -4.18. The van der Waals surface area contributed by atoms with Gasteiger partial charge in [-0.1, -0.05) is 36.0 Å². The predicted molar refractivity (Wildman–Crippen MR) is 126 cm³/mol. The average molecular weight is 463 g/mol. The lowest BCUT2D eigenvalue weighted by atomic mass is 10.1. The molecule has 1 aromatic heterocycles. The van der Waals surface area contributed by atoms with Crippen LogP contribution in [-0.2, 0) is 4.79 Å². The number of nitrogens with one attached hydrogen (secondary N) is 2. The highest BCUT2D eigenvalue weighted by Crippen LogP contribution is 2.20. The minimum absolute atomic E-state index is 0.0874. The Morgan fingerprint density at radius 3 is 2.45 bits per heavy atom. The van der Waals surface area contributed by atoms with Gasteiger partial charge in [0.2, 0.25) is 5.91 Å². The predicted octanol–water partition coefficient (Wildman–Crippen LogP) is 3.23. The molecule has 0 saturated carbocycles. The van der Waals surface area contributed by atoms with Crippen LogP contribution in [0.5, 0.6) is 0 Å². The molecule has 0 bridgehead atoms. The number of nitrogen functional groups attached to an aromatic ring is 1. The van der Waals surface area contributed by atoms with E-state index in [1.165, 1.54) is 24.3 Å². The maximum atomic E-state index is 13.1. The first kappa shape index (κ1) is 22.0. The maximum Gasteiger partial charge on any atom is 0.280 e. The third-order valence-electron chi connectivity index (χ3n) is 4.66. The maximum absolute atomic E-state index is 13.1. The number of nitrogens with zero attached hydrogens (tertiary/aromatic N) is 2. The molecule has 0 atom stereocenters. The zero-order valence-electron chi connectivity index (χ0n) is 17.1. The minimum atomic E-state index is -0.461. The average Bonchev–Trinajstić information content (AvgIpc) is 2.82. The van der Waals surface area contributed by atoms with E-state index in [0.717, 1.165) is 16.4 Å². The van der Waals surface area contributed by atoms with Crippen molar-refractivity contribution < 1.29 is 14.0 Å². The van der Waals surface area contributed by atoms with Gasteiger partial charge < -0.3 is 16.5 Å². The van der Waals surface area contributed by atoms with Crippen LogP contribution in [0.15, 0.2) is 82.7 Å². The van der Waals surface area contributed by atoms with Gasteiger partial charge in [0, 0.05) is 5.69 Å². The Bertz CT molecular complexity index is 1410. The van der Waals surface area contributed by atoms with Crippen molar-refractivity contribution in [2.24, 2.45) is 0 Å². The number of benzene rings is 3. The molecule has 4 N–H and O–H groups in total. The second-order valence-corrected chi connectivity index (χ2v) is 7.87. The van der Waals surface area contributed by atoms with Crippen LogP contribution in [0, 0.1) is 5.82 Å². The van der Waals surface area contributed by atoms with Crippen LogP contribution in [0.3, 0.4) is 0 Å². The van der Waals surface area contributed by atoms with Crippen LogP contribution in [0.25, 0.3) is 10.9 Å². The molecular weight excluding hydrogens is 445 g/mol. The fourth-order valence-electron chi connectivity index (χ4n) is 3.07. The molecule has 0 fully saturated rings. The Kier molecular flexibility index (Phi) is 6.36. The fourth-order valence-corrected chi connectivity index (χ4v) is 3.78. The molecule has 33 heavy (non-hydrogen) atoms. The van der Waals surface area contributed by atoms with Gasteiger partial charge in [-0.05, 0) is 48.5 Å².